The minimum absolute atomic E-state index is 0.173. The number of rotatable bonds is 8. The number of nitrogens with zero attached hydrogens (tertiary/aromatic N) is 2. The van der Waals surface area contributed by atoms with Gasteiger partial charge in [-0.05, 0) is 60.8 Å². The van der Waals surface area contributed by atoms with Gasteiger partial charge in [-0.1, -0.05) is 32.1 Å². The Morgan fingerprint density at radius 3 is 2.79 bits per heavy atom. The molecule has 33 heavy (non-hydrogen) atoms. The normalized spacial score (nSPS) is 19.0. The molecule has 1 aromatic carbocycles. The van der Waals surface area contributed by atoms with Crippen molar-refractivity contribution in [2.45, 2.75) is 65.2 Å². The molecule has 1 aliphatic carbocycles. The van der Waals surface area contributed by atoms with E-state index in [2.05, 4.69) is 53.6 Å². The average Bonchev–Trinajstić information content (AvgIpc) is 3.20. The van der Waals surface area contributed by atoms with Crippen LogP contribution in [0.1, 0.15) is 70.1 Å². The van der Waals surface area contributed by atoms with Crippen LogP contribution in [0.2, 0.25) is 0 Å². The fourth-order valence-corrected chi connectivity index (χ4v) is 4.79. The van der Waals surface area contributed by atoms with E-state index in [0.29, 0.717) is 31.2 Å². The van der Waals surface area contributed by atoms with Gasteiger partial charge in [-0.2, -0.15) is 5.10 Å². The number of amides is 1. The lowest BCUT2D eigenvalue weighted by Gasteiger charge is -2.28. The Labute approximate surface area is 196 Å². The Balaban J connectivity index is 1.45. The third-order valence-corrected chi connectivity index (χ3v) is 6.93. The number of likely N-dealkylation sites (tertiary alicyclic amines) is 1. The first-order valence-electron chi connectivity index (χ1n) is 12.2. The molecular formula is C27H36N4O2. The third kappa shape index (κ3) is 5.73. The molecule has 0 radical (unpaired) electrons. The van der Waals surface area contributed by atoms with Crippen molar-refractivity contribution in [3.63, 3.8) is 0 Å². The predicted octanol–water partition coefficient (Wildman–Crippen LogP) is 4.74. The summed E-state index contributed by atoms with van der Waals surface area (Å²) in [4.78, 5) is 29.9. The van der Waals surface area contributed by atoms with Gasteiger partial charge >= 0.3 is 0 Å². The van der Waals surface area contributed by atoms with Gasteiger partial charge in [0.2, 0.25) is 5.91 Å². The number of ketones is 1. The maximum Gasteiger partial charge on any atom is 0.222 e. The zero-order valence-corrected chi connectivity index (χ0v) is 20.2. The predicted molar refractivity (Wildman–Crippen MR) is 133 cm³/mol. The molecule has 0 saturated carbocycles. The Bertz CT molecular complexity index is 1090. The number of hydrazone groups is 1. The molecule has 4 rings (SSSR count). The molecule has 2 aliphatic rings. The van der Waals surface area contributed by atoms with Crippen LogP contribution in [-0.2, 0) is 16.0 Å². The molecule has 1 aromatic heterocycles. The van der Waals surface area contributed by atoms with Gasteiger partial charge in [-0.25, -0.2) is 0 Å². The smallest absolute Gasteiger partial charge is 0.222 e. The number of fused-ring (bicyclic) bond motifs is 1. The zero-order chi connectivity index (χ0) is 23.4. The average molecular weight is 449 g/mol. The summed E-state index contributed by atoms with van der Waals surface area (Å²) in [5.41, 5.74) is 8.56. The highest BCUT2D eigenvalue weighted by Crippen LogP contribution is 2.35. The van der Waals surface area contributed by atoms with Gasteiger partial charge in [-0.15, -0.1) is 0 Å². The van der Waals surface area contributed by atoms with Crippen molar-refractivity contribution >= 4 is 28.3 Å². The van der Waals surface area contributed by atoms with E-state index in [1.807, 2.05) is 18.0 Å². The van der Waals surface area contributed by atoms with E-state index < -0.39 is 0 Å². The number of allylic oxidation sites excluding steroid dienone is 2. The van der Waals surface area contributed by atoms with Crippen molar-refractivity contribution in [2.24, 2.45) is 10.5 Å². The van der Waals surface area contributed by atoms with Gasteiger partial charge < -0.3 is 15.3 Å². The summed E-state index contributed by atoms with van der Waals surface area (Å²) in [6.07, 6.45) is 8.99. The van der Waals surface area contributed by atoms with E-state index in [-0.39, 0.29) is 11.7 Å². The summed E-state index contributed by atoms with van der Waals surface area (Å²) >= 11 is 0. The van der Waals surface area contributed by atoms with Gasteiger partial charge in [0.15, 0.2) is 0 Å². The number of hydrogen-bond donors (Lipinski definition) is 2. The standard InChI is InChI=1S/C27H36N4O2/c1-27(2)12-9-20(10-13-27)26(30-28-3)24-18-21-8-7-19(17-23(21)29-24)16-22(32)11-15-31-14-5-4-6-25(31)33/h7-9,17-18,28-29H,4-6,10-16H2,1-3H3/b30-26+. The quantitative estimate of drug-likeness (QED) is 0.452. The van der Waals surface area contributed by atoms with Gasteiger partial charge in [-0.3, -0.25) is 9.59 Å². The van der Waals surface area contributed by atoms with E-state index in [1.165, 1.54) is 5.57 Å². The molecule has 2 aromatic rings. The highest BCUT2D eigenvalue weighted by atomic mass is 16.2. The summed E-state index contributed by atoms with van der Waals surface area (Å²) in [7, 11) is 1.83. The molecule has 1 amide bonds. The summed E-state index contributed by atoms with van der Waals surface area (Å²) in [5.74, 6) is 0.358. The molecule has 0 atom stereocenters. The minimum Gasteiger partial charge on any atom is -0.353 e. The Morgan fingerprint density at radius 1 is 1.21 bits per heavy atom. The highest BCUT2D eigenvalue weighted by Gasteiger charge is 2.25. The monoisotopic (exact) mass is 448 g/mol. The fourth-order valence-electron chi connectivity index (χ4n) is 4.79. The zero-order valence-electron chi connectivity index (χ0n) is 20.2. The molecule has 2 N–H and O–H groups in total. The summed E-state index contributed by atoms with van der Waals surface area (Å²) < 4.78 is 0. The molecule has 0 unspecified atom stereocenters. The number of Topliss-reactive ketones (excluding diaryl/α,β-unsaturated/α-hetero) is 1. The lowest BCUT2D eigenvalue weighted by molar-refractivity contribution is -0.133. The number of aromatic nitrogens is 1. The molecule has 0 bridgehead atoms. The van der Waals surface area contributed by atoms with Crippen LogP contribution < -0.4 is 5.43 Å². The summed E-state index contributed by atoms with van der Waals surface area (Å²) in [5, 5.41) is 5.70. The van der Waals surface area contributed by atoms with Crippen molar-refractivity contribution < 1.29 is 9.59 Å². The maximum atomic E-state index is 12.6. The first kappa shape index (κ1) is 23.3. The van der Waals surface area contributed by atoms with Gasteiger partial charge in [0.1, 0.15) is 11.5 Å². The molecule has 176 valence electrons. The molecule has 6 heteroatoms. The lowest BCUT2D eigenvalue weighted by atomic mass is 9.77. The van der Waals surface area contributed by atoms with Crippen LogP contribution in [0.5, 0.6) is 0 Å². The number of hydrogen-bond acceptors (Lipinski definition) is 4. The second kappa shape index (κ2) is 9.94. The van der Waals surface area contributed by atoms with Crippen LogP contribution in [0.25, 0.3) is 10.9 Å². The number of carbonyl (C=O) groups excluding carboxylic acids is 2. The second-order valence-corrected chi connectivity index (χ2v) is 10.2. The number of carbonyl (C=O) groups is 2. The van der Waals surface area contributed by atoms with E-state index >= 15 is 0 Å². The van der Waals surface area contributed by atoms with E-state index in [0.717, 1.165) is 66.5 Å². The van der Waals surface area contributed by atoms with Gasteiger partial charge in [0.05, 0.1) is 5.69 Å². The van der Waals surface area contributed by atoms with Crippen LogP contribution in [-0.4, -0.2) is 47.4 Å². The second-order valence-electron chi connectivity index (χ2n) is 10.2. The molecule has 1 fully saturated rings. The SMILES string of the molecule is CN/N=C(\C1=CCC(C)(C)CC1)c1cc2ccc(CC(=O)CCN3CCCCC3=O)cc2[nH]1. The van der Waals surface area contributed by atoms with Crippen LogP contribution in [0.3, 0.4) is 0 Å². The molecular weight excluding hydrogens is 412 g/mol. The Kier molecular flexibility index (Phi) is 7.01. The van der Waals surface area contributed by atoms with E-state index in [9.17, 15) is 9.59 Å². The van der Waals surface area contributed by atoms with Crippen LogP contribution in [0, 0.1) is 5.41 Å². The van der Waals surface area contributed by atoms with Crippen molar-refractivity contribution in [1.29, 1.82) is 0 Å². The van der Waals surface area contributed by atoms with E-state index in [1.54, 1.807) is 0 Å². The first-order chi connectivity index (χ1) is 15.8. The number of H-pyrrole nitrogens is 1. The number of benzene rings is 1. The van der Waals surface area contributed by atoms with Crippen molar-refractivity contribution in [3.05, 3.63) is 47.2 Å². The molecule has 1 aliphatic heterocycles. The Morgan fingerprint density at radius 2 is 2.06 bits per heavy atom. The topological polar surface area (TPSA) is 77.6 Å². The summed E-state index contributed by atoms with van der Waals surface area (Å²) in [6, 6.07) is 8.31. The van der Waals surface area contributed by atoms with E-state index in [4.69, 9.17) is 0 Å². The van der Waals surface area contributed by atoms with Gasteiger partial charge in [0, 0.05) is 50.3 Å². The lowest BCUT2D eigenvalue weighted by Crippen LogP contribution is -2.36. The summed E-state index contributed by atoms with van der Waals surface area (Å²) in [6.45, 7) is 5.95. The van der Waals surface area contributed by atoms with Gasteiger partial charge in [0.25, 0.3) is 0 Å². The fraction of sp³-hybridized carbons (Fsp3) is 0.519. The third-order valence-electron chi connectivity index (χ3n) is 6.93. The maximum absolute atomic E-state index is 12.6. The first-order valence-corrected chi connectivity index (χ1v) is 12.2. The van der Waals surface area contributed by atoms with Crippen molar-refractivity contribution in [2.75, 3.05) is 20.1 Å². The Hall–Kier alpha value is -2.89. The number of piperidine rings is 1. The van der Waals surface area contributed by atoms with Crippen LogP contribution in [0.4, 0.5) is 0 Å². The molecule has 1 saturated heterocycles. The van der Waals surface area contributed by atoms with Crippen LogP contribution >= 0.6 is 0 Å². The molecule has 0 spiro atoms. The van der Waals surface area contributed by atoms with Crippen LogP contribution in [0.15, 0.2) is 41.0 Å². The number of nitrogens with one attached hydrogen (secondary N) is 2. The number of aromatic amines is 1. The highest BCUT2D eigenvalue weighted by molar-refractivity contribution is 6.13. The molecule has 2 heterocycles. The van der Waals surface area contributed by atoms with Crippen molar-refractivity contribution in [3.8, 4) is 0 Å². The van der Waals surface area contributed by atoms with Crippen molar-refractivity contribution in [1.82, 2.24) is 15.3 Å². The largest absolute Gasteiger partial charge is 0.353 e. The molecule has 6 nitrogen and oxygen atoms in total. The minimum atomic E-state index is 0.173.